The van der Waals surface area contributed by atoms with E-state index in [1.807, 2.05) is 12.3 Å². The number of H-pyrrole nitrogens is 1. The molecule has 1 aromatic carbocycles. The Morgan fingerprint density at radius 1 is 1.20 bits per heavy atom. The fraction of sp³-hybridized carbons (Fsp3) is 0.235. The fourth-order valence-electron chi connectivity index (χ4n) is 3.16. The van der Waals surface area contributed by atoms with E-state index in [1.54, 1.807) is 0 Å². The summed E-state index contributed by atoms with van der Waals surface area (Å²) in [6.45, 7) is 0.880. The van der Waals surface area contributed by atoms with E-state index in [1.165, 1.54) is 34.9 Å². The van der Waals surface area contributed by atoms with Crippen LogP contribution >= 0.6 is 0 Å². The van der Waals surface area contributed by atoms with Gasteiger partial charge in [0.15, 0.2) is 0 Å². The van der Waals surface area contributed by atoms with Crippen molar-refractivity contribution in [3.8, 4) is 0 Å². The number of nitrogens with zero attached hydrogens (tertiary/aromatic N) is 1. The van der Waals surface area contributed by atoms with E-state index < -0.39 is 0 Å². The second kappa shape index (κ2) is 4.76. The van der Waals surface area contributed by atoms with Crippen molar-refractivity contribution >= 4 is 11.0 Å². The molecule has 3 nitrogen and oxygen atoms in total. The summed E-state index contributed by atoms with van der Waals surface area (Å²) in [4.78, 5) is 7.57. The maximum Gasteiger partial charge on any atom is 0.137 e. The largest absolute Gasteiger partial charge is 0.346 e. The number of pyridine rings is 1. The van der Waals surface area contributed by atoms with Crippen molar-refractivity contribution in [2.75, 3.05) is 0 Å². The number of benzene rings is 1. The summed E-state index contributed by atoms with van der Waals surface area (Å²) in [5, 5.41) is 4.90. The normalized spacial score (nSPS) is 17.5. The lowest BCUT2D eigenvalue weighted by molar-refractivity contribution is 0.531. The molecule has 0 saturated heterocycles. The maximum absolute atomic E-state index is 4.33. The van der Waals surface area contributed by atoms with Gasteiger partial charge in [-0.25, -0.2) is 4.98 Å². The molecule has 0 amide bonds. The molecular weight excluding hydrogens is 246 g/mol. The van der Waals surface area contributed by atoms with Crippen LogP contribution in [0.4, 0.5) is 0 Å². The number of hydrogen-bond donors (Lipinski definition) is 2. The van der Waals surface area contributed by atoms with Crippen LogP contribution in [0.5, 0.6) is 0 Å². The van der Waals surface area contributed by atoms with Crippen LogP contribution in [-0.4, -0.2) is 9.97 Å². The van der Waals surface area contributed by atoms with Crippen molar-refractivity contribution in [3.63, 3.8) is 0 Å². The number of rotatable bonds is 3. The van der Waals surface area contributed by atoms with Crippen LogP contribution in [0, 0.1) is 0 Å². The molecule has 2 aromatic heterocycles. The summed E-state index contributed by atoms with van der Waals surface area (Å²) < 4.78 is 0. The van der Waals surface area contributed by atoms with Gasteiger partial charge in [0.1, 0.15) is 5.65 Å². The van der Waals surface area contributed by atoms with E-state index in [-0.39, 0.29) is 0 Å². The number of aromatic amines is 1. The highest BCUT2D eigenvalue weighted by atomic mass is 14.9. The van der Waals surface area contributed by atoms with Crippen molar-refractivity contribution in [1.82, 2.24) is 15.3 Å². The first-order valence-electron chi connectivity index (χ1n) is 7.14. The number of fused-ring (bicyclic) bond motifs is 2. The molecule has 1 aliphatic rings. The first-order chi connectivity index (χ1) is 9.92. The average Bonchev–Trinajstić information content (AvgIpc) is 3.09. The highest BCUT2D eigenvalue weighted by Crippen LogP contribution is 2.31. The fourth-order valence-corrected chi connectivity index (χ4v) is 3.16. The highest BCUT2D eigenvalue weighted by molar-refractivity contribution is 5.79. The van der Waals surface area contributed by atoms with Gasteiger partial charge < -0.3 is 10.3 Å². The van der Waals surface area contributed by atoms with Gasteiger partial charge in [0.2, 0.25) is 0 Å². The molecule has 3 heteroatoms. The van der Waals surface area contributed by atoms with Gasteiger partial charge in [-0.15, -0.1) is 0 Å². The summed E-state index contributed by atoms with van der Waals surface area (Å²) in [5.74, 6) is 0. The molecule has 0 aliphatic heterocycles. The van der Waals surface area contributed by atoms with Crippen LogP contribution in [0.3, 0.4) is 0 Å². The second-order valence-electron chi connectivity index (χ2n) is 5.38. The lowest BCUT2D eigenvalue weighted by Gasteiger charge is -2.13. The minimum Gasteiger partial charge on any atom is -0.346 e. The Kier molecular flexibility index (Phi) is 2.78. The smallest absolute Gasteiger partial charge is 0.137 e. The molecule has 1 unspecified atom stereocenters. The van der Waals surface area contributed by atoms with Gasteiger partial charge in [0, 0.05) is 30.4 Å². The zero-order chi connectivity index (χ0) is 13.4. The molecule has 0 radical (unpaired) electrons. The topological polar surface area (TPSA) is 40.7 Å². The van der Waals surface area contributed by atoms with Gasteiger partial charge in [0.05, 0.1) is 0 Å². The SMILES string of the molecule is c1ccc2c(c1)CCC2NCc1c[nH]c2ncccc12. The molecule has 0 saturated carbocycles. The monoisotopic (exact) mass is 263 g/mol. The van der Waals surface area contributed by atoms with E-state index in [9.17, 15) is 0 Å². The molecule has 0 bridgehead atoms. The zero-order valence-corrected chi connectivity index (χ0v) is 11.3. The minimum absolute atomic E-state index is 0.479. The highest BCUT2D eigenvalue weighted by Gasteiger charge is 2.21. The van der Waals surface area contributed by atoms with Gasteiger partial charge in [-0.3, -0.25) is 0 Å². The van der Waals surface area contributed by atoms with Crippen molar-refractivity contribution in [1.29, 1.82) is 0 Å². The molecule has 0 fully saturated rings. The Morgan fingerprint density at radius 3 is 3.15 bits per heavy atom. The Bertz CT molecular complexity index is 745. The third-order valence-corrected chi connectivity index (χ3v) is 4.21. The third kappa shape index (κ3) is 1.91. The summed E-state index contributed by atoms with van der Waals surface area (Å²) in [6, 6.07) is 13.3. The number of aromatic nitrogens is 2. The molecule has 2 N–H and O–H groups in total. The van der Waals surface area contributed by atoms with Crippen molar-refractivity contribution in [3.05, 3.63) is 65.5 Å². The summed E-state index contributed by atoms with van der Waals surface area (Å²) in [7, 11) is 0. The van der Waals surface area contributed by atoms with Crippen LogP contribution in [0.1, 0.15) is 29.2 Å². The second-order valence-corrected chi connectivity index (χ2v) is 5.38. The van der Waals surface area contributed by atoms with E-state index in [0.717, 1.165) is 12.2 Å². The van der Waals surface area contributed by atoms with E-state index in [0.29, 0.717) is 6.04 Å². The van der Waals surface area contributed by atoms with Gasteiger partial charge in [-0.2, -0.15) is 0 Å². The van der Waals surface area contributed by atoms with Crippen molar-refractivity contribution < 1.29 is 0 Å². The minimum atomic E-state index is 0.479. The molecule has 100 valence electrons. The maximum atomic E-state index is 4.33. The number of aryl methyl sites for hydroxylation is 1. The molecule has 3 aromatic rings. The first-order valence-corrected chi connectivity index (χ1v) is 7.14. The Balaban J connectivity index is 1.54. The number of hydrogen-bond acceptors (Lipinski definition) is 2. The molecule has 1 aliphatic carbocycles. The Hall–Kier alpha value is -2.13. The van der Waals surface area contributed by atoms with Crippen LogP contribution in [-0.2, 0) is 13.0 Å². The number of nitrogens with one attached hydrogen (secondary N) is 2. The van der Waals surface area contributed by atoms with E-state index in [2.05, 4.69) is 51.8 Å². The average molecular weight is 263 g/mol. The third-order valence-electron chi connectivity index (χ3n) is 4.21. The molecule has 2 heterocycles. The van der Waals surface area contributed by atoms with Gasteiger partial charge in [-0.1, -0.05) is 24.3 Å². The molecular formula is C17H17N3. The Labute approximate surface area is 118 Å². The predicted octanol–water partition coefficient (Wildman–Crippen LogP) is 3.34. The predicted molar refractivity (Wildman–Crippen MR) is 80.4 cm³/mol. The quantitative estimate of drug-likeness (QED) is 0.761. The van der Waals surface area contributed by atoms with Crippen LogP contribution in [0.25, 0.3) is 11.0 Å². The molecule has 4 rings (SSSR count). The van der Waals surface area contributed by atoms with Gasteiger partial charge in [-0.05, 0) is 41.7 Å². The van der Waals surface area contributed by atoms with E-state index >= 15 is 0 Å². The lowest BCUT2D eigenvalue weighted by Crippen LogP contribution is -2.18. The van der Waals surface area contributed by atoms with Crippen molar-refractivity contribution in [2.24, 2.45) is 0 Å². The van der Waals surface area contributed by atoms with E-state index in [4.69, 9.17) is 0 Å². The summed E-state index contributed by atoms with van der Waals surface area (Å²) >= 11 is 0. The molecule has 0 spiro atoms. The molecule has 1 atom stereocenters. The van der Waals surface area contributed by atoms with Gasteiger partial charge in [0.25, 0.3) is 0 Å². The van der Waals surface area contributed by atoms with Crippen LogP contribution in [0.15, 0.2) is 48.8 Å². The van der Waals surface area contributed by atoms with Crippen LogP contribution in [0.2, 0.25) is 0 Å². The first kappa shape index (κ1) is 11.7. The molecule has 20 heavy (non-hydrogen) atoms. The lowest BCUT2D eigenvalue weighted by atomic mass is 10.1. The van der Waals surface area contributed by atoms with Crippen molar-refractivity contribution in [2.45, 2.75) is 25.4 Å². The Morgan fingerprint density at radius 2 is 2.15 bits per heavy atom. The van der Waals surface area contributed by atoms with Crippen LogP contribution < -0.4 is 5.32 Å². The summed E-state index contributed by atoms with van der Waals surface area (Å²) in [6.07, 6.45) is 6.26. The standard InChI is InChI=1S/C17H17N3/c1-2-5-14-12(4-1)7-8-16(14)19-10-13-11-20-17-15(13)6-3-9-18-17/h1-6,9,11,16,19H,7-8,10H2,(H,18,20). The van der Waals surface area contributed by atoms with Gasteiger partial charge >= 0.3 is 0 Å². The zero-order valence-electron chi connectivity index (χ0n) is 11.3. The summed E-state index contributed by atoms with van der Waals surface area (Å²) in [5.41, 5.74) is 5.21.